The average molecular weight is 337 g/mol. The van der Waals surface area contributed by atoms with Crippen LogP contribution in [0.3, 0.4) is 0 Å². The van der Waals surface area contributed by atoms with Gasteiger partial charge < -0.3 is 14.7 Å². The van der Waals surface area contributed by atoms with Gasteiger partial charge in [-0.2, -0.15) is 17.4 Å². The fourth-order valence-corrected chi connectivity index (χ4v) is 3.29. The van der Waals surface area contributed by atoms with Gasteiger partial charge in [0.05, 0.1) is 6.10 Å². The van der Waals surface area contributed by atoms with Gasteiger partial charge in [0.2, 0.25) is 0 Å². The van der Waals surface area contributed by atoms with Gasteiger partial charge in [-0.05, 0) is 34.1 Å². The third kappa shape index (κ3) is 6.47. The number of aliphatic hydroxyl groups excluding tert-OH is 1. The Balaban J connectivity index is 2.60. The Morgan fingerprint density at radius 3 is 2.45 bits per heavy atom. The van der Waals surface area contributed by atoms with Gasteiger partial charge in [0.15, 0.2) is 0 Å². The lowest BCUT2D eigenvalue weighted by Crippen LogP contribution is -2.45. The molecule has 1 fully saturated rings. The number of carbonyl (C=O) groups is 1. The quantitative estimate of drug-likeness (QED) is 0.760. The molecule has 0 aromatic rings. The second-order valence-electron chi connectivity index (χ2n) is 6.42. The SMILES string of the molecule is C[C@@H](O)CNS(=O)(=O)N1CCCN(C(=O)OC(C)(C)C)CC1. The molecular formula is C13H27N3O5S. The zero-order chi connectivity index (χ0) is 17.0. The molecule has 0 saturated carbocycles. The molecule has 0 unspecified atom stereocenters. The summed E-state index contributed by atoms with van der Waals surface area (Å²) in [7, 11) is -3.64. The average Bonchev–Trinajstić information content (AvgIpc) is 2.60. The highest BCUT2D eigenvalue weighted by atomic mass is 32.2. The van der Waals surface area contributed by atoms with E-state index in [0.29, 0.717) is 19.5 Å². The van der Waals surface area contributed by atoms with E-state index < -0.39 is 28.0 Å². The molecule has 8 nitrogen and oxygen atoms in total. The number of rotatable bonds is 4. The van der Waals surface area contributed by atoms with Crippen LogP contribution in [0.4, 0.5) is 4.79 Å². The topological polar surface area (TPSA) is 99.2 Å². The highest BCUT2D eigenvalue weighted by Gasteiger charge is 2.28. The highest BCUT2D eigenvalue weighted by molar-refractivity contribution is 7.87. The Kier molecular flexibility index (Phi) is 6.60. The third-order valence-electron chi connectivity index (χ3n) is 3.01. The molecule has 1 aliphatic heterocycles. The van der Waals surface area contributed by atoms with E-state index in [1.807, 2.05) is 0 Å². The van der Waals surface area contributed by atoms with Crippen molar-refractivity contribution in [2.24, 2.45) is 0 Å². The van der Waals surface area contributed by atoms with Crippen molar-refractivity contribution in [2.75, 3.05) is 32.7 Å². The van der Waals surface area contributed by atoms with E-state index in [-0.39, 0.29) is 19.6 Å². The first kappa shape index (κ1) is 19.1. The summed E-state index contributed by atoms with van der Waals surface area (Å²) in [6, 6.07) is 0. The zero-order valence-corrected chi connectivity index (χ0v) is 14.5. The minimum atomic E-state index is -3.64. The lowest BCUT2D eigenvalue weighted by atomic mass is 10.2. The molecule has 22 heavy (non-hydrogen) atoms. The summed E-state index contributed by atoms with van der Waals surface area (Å²) in [5, 5.41) is 9.18. The smallest absolute Gasteiger partial charge is 0.410 e. The van der Waals surface area contributed by atoms with E-state index in [2.05, 4.69) is 4.72 Å². The highest BCUT2D eigenvalue weighted by Crippen LogP contribution is 2.13. The maximum absolute atomic E-state index is 12.1. The number of aliphatic hydroxyl groups is 1. The van der Waals surface area contributed by atoms with Crippen molar-refractivity contribution < 1.29 is 23.1 Å². The van der Waals surface area contributed by atoms with Crippen molar-refractivity contribution in [1.82, 2.24) is 13.9 Å². The first-order valence-electron chi connectivity index (χ1n) is 7.42. The van der Waals surface area contributed by atoms with Crippen molar-refractivity contribution in [1.29, 1.82) is 0 Å². The lowest BCUT2D eigenvalue weighted by Gasteiger charge is -2.26. The molecule has 0 aromatic carbocycles. The molecule has 1 heterocycles. The van der Waals surface area contributed by atoms with Gasteiger partial charge in [-0.1, -0.05) is 0 Å². The number of nitrogens with one attached hydrogen (secondary N) is 1. The molecule has 1 atom stereocenters. The van der Waals surface area contributed by atoms with E-state index in [9.17, 15) is 18.3 Å². The third-order valence-corrected chi connectivity index (χ3v) is 4.58. The zero-order valence-electron chi connectivity index (χ0n) is 13.7. The molecule has 1 rings (SSSR count). The first-order chi connectivity index (χ1) is 10.0. The van der Waals surface area contributed by atoms with E-state index >= 15 is 0 Å². The summed E-state index contributed by atoms with van der Waals surface area (Å²) in [6.45, 7) is 8.12. The fraction of sp³-hybridized carbons (Fsp3) is 0.923. The van der Waals surface area contributed by atoms with E-state index in [1.165, 1.54) is 16.1 Å². The Bertz CT molecular complexity index is 473. The number of ether oxygens (including phenoxy) is 1. The molecule has 0 radical (unpaired) electrons. The summed E-state index contributed by atoms with van der Waals surface area (Å²) >= 11 is 0. The predicted octanol–water partition coefficient (Wildman–Crippen LogP) is 0.144. The van der Waals surface area contributed by atoms with Gasteiger partial charge in [-0.15, -0.1) is 0 Å². The van der Waals surface area contributed by atoms with Crippen molar-refractivity contribution in [3.63, 3.8) is 0 Å². The molecule has 1 amide bonds. The Hall–Kier alpha value is -0.900. The molecular weight excluding hydrogens is 310 g/mol. The van der Waals surface area contributed by atoms with Crippen LogP contribution in [0.25, 0.3) is 0 Å². The van der Waals surface area contributed by atoms with Crippen LogP contribution in [-0.2, 0) is 14.9 Å². The van der Waals surface area contributed by atoms with Crippen LogP contribution in [-0.4, -0.2) is 73.3 Å². The van der Waals surface area contributed by atoms with Crippen LogP contribution in [0, 0.1) is 0 Å². The molecule has 1 aliphatic rings. The summed E-state index contributed by atoms with van der Waals surface area (Å²) in [6.07, 6.45) is -0.641. The standard InChI is InChI=1S/C13H27N3O5S/c1-11(17)10-14-22(19,20)16-7-5-6-15(8-9-16)12(18)21-13(2,3)4/h11,14,17H,5-10H2,1-4H3/t11-/m1/s1. The van der Waals surface area contributed by atoms with Crippen LogP contribution in [0.15, 0.2) is 0 Å². The number of amides is 1. The van der Waals surface area contributed by atoms with Crippen LogP contribution in [0.5, 0.6) is 0 Å². The second-order valence-corrected chi connectivity index (χ2v) is 8.18. The Morgan fingerprint density at radius 1 is 1.27 bits per heavy atom. The summed E-state index contributed by atoms with van der Waals surface area (Å²) in [4.78, 5) is 13.5. The van der Waals surface area contributed by atoms with Crippen LogP contribution in [0.2, 0.25) is 0 Å². The molecule has 0 aliphatic carbocycles. The first-order valence-corrected chi connectivity index (χ1v) is 8.86. The molecule has 0 aromatic heterocycles. The van der Waals surface area contributed by atoms with Crippen molar-refractivity contribution in [2.45, 2.75) is 45.8 Å². The second kappa shape index (κ2) is 7.58. The summed E-state index contributed by atoms with van der Waals surface area (Å²) in [5.74, 6) is 0. The van der Waals surface area contributed by atoms with E-state index in [0.717, 1.165) is 0 Å². The molecule has 1 saturated heterocycles. The van der Waals surface area contributed by atoms with E-state index in [1.54, 1.807) is 20.8 Å². The van der Waals surface area contributed by atoms with Gasteiger partial charge in [-0.3, -0.25) is 0 Å². The largest absolute Gasteiger partial charge is 0.444 e. The van der Waals surface area contributed by atoms with E-state index in [4.69, 9.17) is 4.74 Å². The maximum Gasteiger partial charge on any atom is 0.410 e. The van der Waals surface area contributed by atoms with Gasteiger partial charge >= 0.3 is 6.09 Å². The normalized spacial score (nSPS) is 19.6. The summed E-state index contributed by atoms with van der Waals surface area (Å²) in [5.41, 5.74) is -0.575. The Labute approximate surface area is 132 Å². The molecule has 130 valence electrons. The Morgan fingerprint density at radius 2 is 1.91 bits per heavy atom. The molecule has 9 heteroatoms. The molecule has 0 spiro atoms. The number of hydrogen-bond acceptors (Lipinski definition) is 5. The monoisotopic (exact) mass is 337 g/mol. The minimum Gasteiger partial charge on any atom is -0.444 e. The van der Waals surface area contributed by atoms with Crippen LogP contribution >= 0.6 is 0 Å². The number of hydrogen-bond donors (Lipinski definition) is 2. The number of nitrogens with zero attached hydrogens (tertiary/aromatic N) is 2. The predicted molar refractivity (Wildman–Crippen MR) is 82.6 cm³/mol. The van der Waals surface area contributed by atoms with Crippen molar-refractivity contribution >= 4 is 16.3 Å². The van der Waals surface area contributed by atoms with Crippen molar-refractivity contribution in [3.05, 3.63) is 0 Å². The van der Waals surface area contributed by atoms with Gasteiger partial charge in [0, 0.05) is 32.7 Å². The van der Waals surface area contributed by atoms with Crippen molar-refractivity contribution in [3.8, 4) is 0 Å². The van der Waals surface area contributed by atoms with Crippen LogP contribution in [0.1, 0.15) is 34.1 Å². The molecule has 0 bridgehead atoms. The minimum absolute atomic E-state index is 0.0331. The maximum atomic E-state index is 12.1. The van der Waals surface area contributed by atoms with Gasteiger partial charge in [0.25, 0.3) is 10.2 Å². The molecule has 2 N–H and O–H groups in total. The van der Waals surface area contributed by atoms with Crippen LogP contribution < -0.4 is 4.72 Å². The van der Waals surface area contributed by atoms with Gasteiger partial charge in [0.1, 0.15) is 5.60 Å². The van der Waals surface area contributed by atoms with Gasteiger partial charge in [-0.25, -0.2) is 4.79 Å². The fourth-order valence-electron chi connectivity index (χ4n) is 1.96. The number of carbonyl (C=O) groups excluding carboxylic acids is 1. The lowest BCUT2D eigenvalue weighted by molar-refractivity contribution is 0.0260. The summed E-state index contributed by atoms with van der Waals surface area (Å²) < 4.78 is 33.2.